The van der Waals surface area contributed by atoms with E-state index in [9.17, 15) is 4.79 Å². The Morgan fingerprint density at radius 3 is 2.48 bits per heavy atom. The highest BCUT2D eigenvalue weighted by atomic mass is 16.7. The summed E-state index contributed by atoms with van der Waals surface area (Å²) in [7, 11) is 0. The third-order valence-corrected chi connectivity index (χ3v) is 4.19. The molecule has 124 valence electrons. The van der Waals surface area contributed by atoms with Crippen molar-refractivity contribution in [1.82, 2.24) is 9.71 Å². The number of para-hydroxylation sites is 1. The monoisotopic (exact) mass is 330 g/mol. The Balaban J connectivity index is 2.07. The minimum absolute atomic E-state index is 0.179. The molecule has 1 aromatic heterocycles. The summed E-state index contributed by atoms with van der Waals surface area (Å²) in [6.07, 6.45) is 0.814. The van der Waals surface area contributed by atoms with Crippen molar-refractivity contribution in [2.24, 2.45) is 0 Å². The van der Waals surface area contributed by atoms with E-state index < -0.39 is 0 Å². The van der Waals surface area contributed by atoms with Gasteiger partial charge in [0, 0.05) is 5.56 Å². The van der Waals surface area contributed by atoms with E-state index in [-0.39, 0.29) is 5.56 Å². The first-order valence-corrected chi connectivity index (χ1v) is 8.43. The first-order chi connectivity index (χ1) is 12.3. The van der Waals surface area contributed by atoms with Crippen LogP contribution < -0.4 is 10.4 Å². The Bertz CT molecular complexity index is 1110. The van der Waals surface area contributed by atoms with Gasteiger partial charge in [-0.25, -0.2) is 4.98 Å². The van der Waals surface area contributed by atoms with Crippen LogP contribution in [0.1, 0.15) is 13.3 Å². The van der Waals surface area contributed by atoms with Crippen LogP contribution >= 0.6 is 0 Å². The lowest BCUT2D eigenvalue weighted by Crippen LogP contribution is -2.30. The molecule has 4 aromatic rings. The molecule has 0 atom stereocenters. The molecule has 0 amide bonds. The Morgan fingerprint density at radius 2 is 1.64 bits per heavy atom. The molecule has 0 bridgehead atoms. The molecule has 0 radical (unpaired) electrons. The minimum atomic E-state index is -0.179. The van der Waals surface area contributed by atoms with Crippen LogP contribution in [-0.4, -0.2) is 16.3 Å². The molecule has 4 heteroatoms. The van der Waals surface area contributed by atoms with Crippen LogP contribution in [0.25, 0.3) is 33.1 Å². The summed E-state index contributed by atoms with van der Waals surface area (Å²) in [5.74, 6) is 0.536. The van der Waals surface area contributed by atoms with Gasteiger partial charge in [-0.15, -0.1) is 4.73 Å². The van der Waals surface area contributed by atoms with Crippen molar-refractivity contribution in [2.75, 3.05) is 6.61 Å². The number of rotatable bonds is 4. The van der Waals surface area contributed by atoms with Gasteiger partial charge in [-0.3, -0.25) is 4.79 Å². The van der Waals surface area contributed by atoms with Crippen LogP contribution in [0, 0.1) is 0 Å². The van der Waals surface area contributed by atoms with Gasteiger partial charge in [-0.1, -0.05) is 61.5 Å². The maximum atomic E-state index is 13.0. The van der Waals surface area contributed by atoms with Gasteiger partial charge >= 0.3 is 0 Å². The largest absolute Gasteiger partial charge is 0.409 e. The minimum Gasteiger partial charge on any atom is -0.409 e. The lowest BCUT2D eigenvalue weighted by molar-refractivity contribution is 0.105. The average molecular weight is 330 g/mol. The number of aromatic nitrogens is 2. The fourth-order valence-corrected chi connectivity index (χ4v) is 3.01. The Hall–Kier alpha value is -3.14. The van der Waals surface area contributed by atoms with Gasteiger partial charge in [0.25, 0.3) is 5.56 Å². The molecule has 25 heavy (non-hydrogen) atoms. The second-order valence-corrected chi connectivity index (χ2v) is 5.91. The number of benzene rings is 3. The summed E-state index contributed by atoms with van der Waals surface area (Å²) in [4.78, 5) is 23.5. The summed E-state index contributed by atoms with van der Waals surface area (Å²) in [6, 6.07) is 21.4. The smallest absolute Gasteiger partial charge is 0.294 e. The molecular weight excluding hydrogens is 312 g/mol. The zero-order valence-corrected chi connectivity index (χ0v) is 14.0. The van der Waals surface area contributed by atoms with Crippen molar-refractivity contribution in [3.8, 4) is 11.4 Å². The summed E-state index contributed by atoms with van der Waals surface area (Å²) in [5, 5.41) is 2.70. The topological polar surface area (TPSA) is 44.1 Å². The van der Waals surface area contributed by atoms with Crippen molar-refractivity contribution < 1.29 is 4.84 Å². The van der Waals surface area contributed by atoms with E-state index in [1.807, 2.05) is 55.5 Å². The third-order valence-electron chi connectivity index (χ3n) is 4.19. The van der Waals surface area contributed by atoms with Gasteiger partial charge < -0.3 is 4.84 Å². The van der Waals surface area contributed by atoms with Gasteiger partial charge in [0.05, 0.1) is 10.9 Å². The number of nitrogens with zero attached hydrogens (tertiary/aromatic N) is 2. The maximum absolute atomic E-state index is 13.0. The molecular formula is C21H18N2O2. The fraction of sp³-hybridized carbons (Fsp3) is 0.143. The fourth-order valence-electron chi connectivity index (χ4n) is 3.01. The molecule has 0 aliphatic heterocycles. The van der Waals surface area contributed by atoms with E-state index in [1.165, 1.54) is 4.73 Å². The highest BCUT2D eigenvalue weighted by molar-refractivity contribution is 5.95. The summed E-state index contributed by atoms with van der Waals surface area (Å²) in [6.45, 7) is 2.47. The van der Waals surface area contributed by atoms with Crippen LogP contribution in [-0.2, 0) is 0 Å². The molecule has 0 fully saturated rings. The Kier molecular flexibility index (Phi) is 3.94. The summed E-state index contributed by atoms with van der Waals surface area (Å²) in [5.41, 5.74) is 1.38. The predicted octanol–water partition coefficient (Wildman–Crippen LogP) is 4.06. The number of hydrogen-bond acceptors (Lipinski definition) is 3. The van der Waals surface area contributed by atoms with Crippen molar-refractivity contribution in [3.05, 3.63) is 77.1 Å². The molecule has 4 nitrogen and oxygen atoms in total. The average Bonchev–Trinajstić information content (AvgIpc) is 2.67. The molecule has 1 heterocycles. The second-order valence-electron chi connectivity index (χ2n) is 5.91. The van der Waals surface area contributed by atoms with Gasteiger partial charge in [0.1, 0.15) is 6.61 Å². The molecule has 0 saturated heterocycles. The van der Waals surface area contributed by atoms with E-state index in [4.69, 9.17) is 9.82 Å². The molecule has 0 aliphatic carbocycles. The van der Waals surface area contributed by atoms with Crippen LogP contribution in [0.2, 0.25) is 0 Å². The molecule has 0 spiro atoms. The highest BCUT2D eigenvalue weighted by Crippen LogP contribution is 2.27. The zero-order valence-electron chi connectivity index (χ0n) is 14.0. The van der Waals surface area contributed by atoms with Crippen LogP contribution in [0.15, 0.2) is 71.5 Å². The molecule has 0 saturated carbocycles. The molecule has 4 rings (SSSR count). The van der Waals surface area contributed by atoms with E-state index >= 15 is 0 Å². The van der Waals surface area contributed by atoms with Gasteiger partial charge in [0.15, 0.2) is 5.82 Å². The van der Waals surface area contributed by atoms with Crippen molar-refractivity contribution in [3.63, 3.8) is 0 Å². The van der Waals surface area contributed by atoms with Crippen LogP contribution in [0.5, 0.6) is 0 Å². The molecule has 0 aliphatic rings. The second kappa shape index (κ2) is 6.40. The zero-order chi connectivity index (χ0) is 17.2. The Labute approximate surface area is 145 Å². The Morgan fingerprint density at radius 1 is 0.920 bits per heavy atom. The number of hydrogen-bond donors (Lipinski definition) is 0. The SMILES string of the molecule is CCCOn1c(-c2cccc3ccccc23)nc2ccccc2c1=O. The van der Waals surface area contributed by atoms with E-state index in [1.54, 1.807) is 6.07 Å². The molecule has 0 N–H and O–H groups in total. The highest BCUT2D eigenvalue weighted by Gasteiger charge is 2.15. The molecule has 3 aromatic carbocycles. The standard InChI is InChI=1S/C21H18N2O2/c1-2-14-25-23-20(22-19-13-6-5-11-18(19)21(23)24)17-12-7-9-15-8-3-4-10-16(15)17/h3-13H,2,14H2,1H3. The van der Waals surface area contributed by atoms with E-state index in [2.05, 4.69) is 12.1 Å². The predicted molar refractivity (Wildman–Crippen MR) is 101 cm³/mol. The van der Waals surface area contributed by atoms with Crippen molar-refractivity contribution in [1.29, 1.82) is 0 Å². The lowest BCUT2D eigenvalue weighted by atomic mass is 10.0. The van der Waals surface area contributed by atoms with Crippen LogP contribution in [0.3, 0.4) is 0 Å². The summed E-state index contributed by atoms with van der Waals surface area (Å²) < 4.78 is 1.34. The van der Waals surface area contributed by atoms with E-state index in [0.717, 1.165) is 22.8 Å². The van der Waals surface area contributed by atoms with Gasteiger partial charge in [-0.05, 0) is 29.3 Å². The molecule has 0 unspecified atom stereocenters. The maximum Gasteiger partial charge on any atom is 0.294 e. The third kappa shape index (κ3) is 2.66. The first-order valence-electron chi connectivity index (χ1n) is 8.43. The first kappa shape index (κ1) is 15.4. The quantitative estimate of drug-likeness (QED) is 0.567. The van der Waals surface area contributed by atoms with Crippen molar-refractivity contribution in [2.45, 2.75) is 13.3 Å². The van der Waals surface area contributed by atoms with Gasteiger partial charge in [0.2, 0.25) is 0 Å². The van der Waals surface area contributed by atoms with Crippen LogP contribution in [0.4, 0.5) is 0 Å². The van der Waals surface area contributed by atoms with Crippen molar-refractivity contribution >= 4 is 21.7 Å². The van der Waals surface area contributed by atoms with E-state index in [0.29, 0.717) is 23.3 Å². The summed E-state index contributed by atoms with van der Waals surface area (Å²) >= 11 is 0. The normalized spacial score (nSPS) is 11.1. The lowest BCUT2D eigenvalue weighted by Gasteiger charge is -2.15. The number of fused-ring (bicyclic) bond motifs is 2. The van der Waals surface area contributed by atoms with Gasteiger partial charge in [-0.2, -0.15) is 0 Å².